The molecule has 0 fully saturated rings. The van der Waals surface area contributed by atoms with Gasteiger partial charge in [0, 0.05) is 6.54 Å². The van der Waals surface area contributed by atoms with Gasteiger partial charge in [-0.3, -0.25) is 4.68 Å². The fourth-order valence-electron chi connectivity index (χ4n) is 2.09. The van der Waals surface area contributed by atoms with E-state index in [2.05, 4.69) is 42.5 Å². The Kier molecular flexibility index (Phi) is 4.11. The molecule has 1 atom stereocenters. The van der Waals surface area contributed by atoms with Crippen LogP contribution < -0.4 is 5.32 Å². The van der Waals surface area contributed by atoms with Crippen molar-refractivity contribution in [3.8, 4) is 0 Å². The molecule has 2 aromatic heterocycles. The number of rotatable bonds is 6. The molecule has 3 aromatic rings. The molecule has 0 aliphatic rings. The van der Waals surface area contributed by atoms with E-state index in [0.29, 0.717) is 5.95 Å². The zero-order valence-corrected chi connectivity index (χ0v) is 11.4. The van der Waals surface area contributed by atoms with Crippen LogP contribution in [0.1, 0.15) is 18.0 Å². The van der Waals surface area contributed by atoms with Crippen molar-refractivity contribution in [2.45, 2.75) is 19.0 Å². The van der Waals surface area contributed by atoms with Crippen molar-refractivity contribution in [2.24, 2.45) is 0 Å². The summed E-state index contributed by atoms with van der Waals surface area (Å²) in [7, 11) is 0. The number of benzene rings is 1. The molecule has 3 rings (SSSR count). The summed E-state index contributed by atoms with van der Waals surface area (Å²) in [5.41, 5.74) is 1.18. The average molecular weight is 281 g/mol. The third-order valence-electron chi connectivity index (χ3n) is 3.11. The molecule has 0 aliphatic carbocycles. The monoisotopic (exact) mass is 281 g/mol. The minimum absolute atomic E-state index is 0.0952. The van der Waals surface area contributed by atoms with Crippen LogP contribution in [0.4, 0.5) is 5.95 Å². The van der Waals surface area contributed by atoms with Gasteiger partial charge in [0.1, 0.15) is 25.3 Å². The number of aryl methyl sites for hydroxylation is 1. The molecule has 106 valence electrons. The maximum atomic E-state index is 4.13. The molecule has 1 N–H and O–H groups in total. The van der Waals surface area contributed by atoms with Gasteiger partial charge in [0.05, 0.1) is 6.04 Å². The molecule has 0 aliphatic heterocycles. The van der Waals surface area contributed by atoms with E-state index in [1.165, 1.54) is 24.5 Å². The molecule has 7 heteroatoms. The molecule has 0 amide bonds. The summed E-state index contributed by atoms with van der Waals surface area (Å²) in [4.78, 5) is 16.0. The van der Waals surface area contributed by atoms with E-state index >= 15 is 0 Å². The van der Waals surface area contributed by atoms with Crippen LogP contribution in [0.2, 0.25) is 0 Å². The van der Waals surface area contributed by atoms with Gasteiger partial charge in [-0.25, -0.2) is 19.9 Å². The summed E-state index contributed by atoms with van der Waals surface area (Å²) in [5.74, 6) is 0.567. The van der Waals surface area contributed by atoms with Crippen LogP contribution in [-0.4, -0.2) is 29.7 Å². The van der Waals surface area contributed by atoms with Crippen LogP contribution in [0.3, 0.4) is 0 Å². The van der Waals surface area contributed by atoms with E-state index in [9.17, 15) is 0 Å². The fourth-order valence-corrected chi connectivity index (χ4v) is 2.09. The van der Waals surface area contributed by atoms with Gasteiger partial charge in [0.2, 0.25) is 5.95 Å². The van der Waals surface area contributed by atoms with Gasteiger partial charge in [-0.2, -0.15) is 5.10 Å². The number of nitrogens with one attached hydrogen (secondary N) is 1. The first-order chi connectivity index (χ1) is 10.4. The summed E-state index contributed by atoms with van der Waals surface area (Å²) in [6.45, 7) is 0.762. The summed E-state index contributed by atoms with van der Waals surface area (Å²) in [6.07, 6.45) is 7.06. The van der Waals surface area contributed by atoms with Crippen LogP contribution in [-0.2, 0) is 6.54 Å². The van der Waals surface area contributed by atoms with Crippen LogP contribution >= 0.6 is 0 Å². The predicted octanol–water partition coefficient (Wildman–Crippen LogP) is 1.71. The molecule has 0 spiro atoms. The fraction of sp³-hybridized carbons (Fsp3) is 0.214. The molecule has 7 nitrogen and oxygen atoms in total. The Morgan fingerprint density at radius 2 is 1.81 bits per heavy atom. The molecule has 0 radical (unpaired) electrons. The number of aromatic nitrogens is 6. The molecular weight excluding hydrogens is 266 g/mol. The second kappa shape index (κ2) is 6.56. The quantitative estimate of drug-likeness (QED) is 0.740. The van der Waals surface area contributed by atoms with E-state index in [1.807, 2.05) is 22.9 Å². The van der Waals surface area contributed by atoms with Crippen molar-refractivity contribution in [3.05, 3.63) is 61.2 Å². The predicted molar refractivity (Wildman–Crippen MR) is 77.3 cm³/mol. The zero-order valence-electron chi connectivity index (χ0n) is 11.4. The maximum Gasteiger partial charge on any atom is 0.226 e. The average Bonchev–Trinajstić information content (AvgIpc) is 3.07. The lowest BCUT2D eigenvalue weighted by atomic mass is 10.0. The van der Waals surface area contributed by atoms with Gasteiger partial charge in [-0.05, 0) is 12.0 Å². The molecule has 0 saturated heterocycles. The lowest BCUT2D eigenvalue weighted by Gasteiger charge is -2.18. The standard InChI is InChI=1S/C14H15N7/c1-2-4-12(5-3-1)13(6-7-21-11-16-10-19-21)20-14-17-8-15-9-18-14/h1-5,8-11,13H,6-7H2,(H,15,17,18,20)/t13-/m0/s1. The number of hydrogen-bond acceptors (Lipinski definition) is 6. The van der Waals surface area contributed by atoms with E-state index in [1.54, 1.807) is 6.33 Å². The second-order valence-electron chi connectivity index (χ2n) is 4.52. The van der Waals surface area contributed by atoms with Crippen LogP contribution in [0.5, 0.6) is 0 Å². The van der Waals surface area contributed by atoms with Gasteiger partial charge < -0.3 is 5.32 Å². The van der Waals surface area contributed by atoms with Crippen molar-refractivity contribution < 1.29 is 0 Å². The molecular formula is C14H15N7. The molecule has 0 bridgehead atoms. The third kappa shape index (κ3) is 3.59. The van der Waals surface area contributed by atoms with Crippen LogP contribution in [0.25, 0.3) is 0 Å². The first kappa shape index (κ1) is 13.2. The SMILES string of the molecule is c1ccc([C@H](CCn2cncn2)Nc2ncncn2)cc1. The van der Waals surface area contributed by atoms with Gasteiger partial charge >= 0.3 is 0 Å². The van der Waals surface area contributed by atoms with Crippen molar-refractivity contribution in [1.29, 1.82) is 0 Å². The number of hydrogen-bond donors (Lipinski definition) is 1. The van der Waals surface area contributed by atoms with Crippen molar-refractivity contribution >= 4 is 5.95 Å². The minimum atomic E-state index is 0.0952. The highest BCUT2D eigenvalue weighted by atomic mass is 15.3. The van der Waals surface area contributed by atoms with E-state index in [-0.39, 0.29) is 6.04 Å². The summed E-state index contributed by atoms with van der Waals surface area (Å²) < 4.78 is 1.81. The molecule has 0 unspecified atom stereocenters. The van der Waals surface area contributed by atoms with E-state index in [0.717, 1.165) is 13.0 Å². The Labute approximate surface area is 122 Å². The highest BCUT2D eigenvalue weighted by Crippen LogP contribution is 2.20. The molecule has 0 saturated carbocycles. The third-order valence-corrected chi connectivity index (χ3v) is 3.11. The Hall–Kier alpha value is -2.83. The van der Waals surface area contributed by atoms with Crippen molar-refractivity contribution in [1.82, 2.24) is 29.7 Å². The van der Waals surface area contributed by atoms with Gasteiger partial charge in [-0.1, -0.05) is 30.3 Å². The molecule has 21 heavy (non-hydrogen) atoms. The normalized spacial score (nSPS) is 12.0. The Morgan fingerprint density at radius 3 is 2.52 bits per heavy atom. The second-order valence-corrected chi connectivity index (χ2v) is 4.52. The Bertz CT molecular complexity index is 640. The Balaban J connectivity index is 1.74. The van der Waals surface area contributed by atoms with Crippen molar-refractivity contribution in [2.75, 3.05) is 5.32 Å². The Morgan fingerprint density at radius 1 is 1.00 bits per heavy atom. The van der Waals surface area contributed by atoms with Crippen LogP contribution in [0, 0.1) is 0 Å². The topological polar surface area (TPSA) is 81.4 Å². The zero-order chi connectivity index (χ0) is 14.3. The minimum Gasteiger partial charge on any atom is -0.347 e. The first-order valence-corrected chi connectivity index (χ1v) is 6.68. The highest BCUT2D eigenvalue weighted by Gasteiger charge is 2.12. The summed E-state index contributed by atoms with van der Waals surface area (Å²) in [6, 6.07) is 10.3. The summed E-state index contributed by atoms with van der Waals surface area (Å²) >= 11 is 0. The highest BCUT2D eigenvalue weighted by molar-refractivity contribution is 5.30. The number of nitrogens with zero attached hydrogens (tertiary/aromatic N) is 6. The lowest BCUT2D eigenvalue weighted by molar-refractivity contribution is 0.536. The maximum absolute atomic E-state index is 4.13. The molecule has 2 heterocycles. The summed E-state index contributed by atoms with van der Waals surface area (Å²) in [5, 5.41) is 7.46. The largest absolute Gasteiger partial charge is 0.347 e. The van der Waals surface area contributed by atoms with Crippen LogP contribution in [0.15, 0.2) is 55.6 Å². The van der Waals surface area contributed by atoms with Gasteiger partial charge in [0.25, 0.3) is 0 Å². The molecule has 1 aromatic carbocycles. The van der Waals surface area contributed by atoms with E-state index in [4.69, 9.17) is 0 Å². The first-order valence-electron chi connectivity index (χ1n) is 6.68. The van der Waals surface area contributed by atoms with Gasteiger partial charge in [-0.15, -0.1) is 0 Å². The lowest BCUT2D eigenvalue weighted by Crippen LogP contribution is -2.15. The van der Waals surface area contributed by atoms with E-state index < -0.39 is 0 Å². The van der Waals surface area contributed by atoms with Crippen molar-refractivity contribution in [3.63, 3.8) is 0 Å². The smallest absolute Gasteiger partial charge is 0.226 e. The number of anilines is 1. The van der Waals surface area contributed by atoms with Gasteiger partial charge in [0.15, 0.2) is 0 Å².